The highest BCUT2D eigenvalue weighted by molar-refractivity contribution is 6.31. The summed E-state index contributed by atoms with van der Waals surface area (Å²) in [5, 5.41) is 0.782. The summed E-state index contributed by atoms with van der Waals surface area (Å²) in [5.74, 6) is 0. The van der Waals surface area contributed by atoms with Crippen LogP contribution in [0.25, 0.3) is 0 Å². The zero-order valence-electron chi connectivity index (χ0n) is 8.82. The molecule has 3 heteroatoms. The van der Waals surface area contributed by atoms with E-state index in [9.17, 15) is 0 Å². The number of rotatable bonds is 3. The van der Waals surface area contributed by atoms with Crippen LogP contribution in [0.1, 0.15) is 24.4 Å². The van der Waals surface area contributed by atoms with E-state index in [1.54, 1.807) is 0 Å². The maximum atomic E-state index is 6.15. The summed E-state index contributed by atoms with van der Waals surface area (Å²) in [6.45, 7) is 3.28. The van der Waals surface area contributed by atoms with Crippen molar-refractivity contribution in [1.29, 1.82) is 0 Å². The van der Waals surface area contributed by atoms with E-state index < -0.39 is 0 Å². The quantitative estimate of drug-likeness (QED) is 0.855. The second-order valence-electron chi connectivity index (χ2n) is 4.14. The first-order chi connectivity index (χ1) is 7.27. The van der Waals surface area contributed by atoms with Crippen molar-refractivity contribution in [3.05, 3.63) is 34.9 Å². The number of benzene rings is 1. The van der Waals surface area contributed by atoms with Gasteiger partial charge in [0.25, 0.3) is 0 Å². The van der Waals surface area contributed by atoms with E-state index in [-0.39, 0.29) is 6.04 Å². The molecule has 2 nitrogen and oxygen atoms in total. The van der Waals surface area contributed by atoms with Crippen LogP contribution in [0.2, 0.25) is 5.02 Å². The molecule has 0 spiro atoms. The summed E-state index contributed by atoms with van der Waals surface area (Å²) in [4.78, 5) is 2.41. The van der Waals surface area contributed by atoms with Gasteiger partial charge in [0.15, 0.2) is 0 Å². The van der Waals surface area contributed by atoms with E-state index in [4.69, 9.17) is 17.3 Å². The molecule has 0 saturated carbocycles. The van der Waals surface area contributed by atoms with Crippen molar-refractivity contribution in [2.24, 2.45) is 5.73 Å². The van der Waals surface area contributed by atoms with Crippen LogP contribution in [-0.4, -0.2) is 24.5 Å². The van der Waals surface area contributed by atoms with Crippen molar-refractivity contribution in [3.8, 4) is 0 Å². The Morgan fingerprint density at radius 3 is 2.60 bits per heavy atom. The molecule has 1 aromatic rings. The molecule has 0 amide bonds. The molecule has 1 aromatic carbocycles. The third kappa shape index (κ3) is 2.71. The van der Waals surface area contributed by atoms with Gasteiger partial charge in [-0.05, 0) is 37.6 Å². The highest BCUT2D eigenvalue weighted by atomic mass is 35.5. The Balaban J connectivity index is 2.00. The van der Waals surface area contributed by atoms with Crippen molar-refractivity contribution in [2.45, 2.75) is 18.9 Å². The first kappa shape index (κ1) is 10.9. The van der Waals surface area contributed by atoms with Crippen LogP contribution in [0.3, 0.4) is 0 Å². The normalized spacial score (nSPS) is 19.3. The Morgan fingerprint density at radius 2 is 1.93 bits per heavy atom. The van der Waals surface area contributed by atoms with Crippen LogP contribution in [0, 0.1) is 0 Å². The summed E-state index contributed by atoms with van der Waals surface area (Å²) in [7, 11) is 0. The summed E-state index contributed by atoms with van der Waals surface area (Å²) in [6, 6.07) is 7.89. The Bertz CT molecular complexity index is 321. The third-order valence-electron chi connectivity index (χ3n) is 2.96. The van der Waals surface area contributed by atoms with Gasteiger partial charge in [-0.2, -0.15) is 0 Å². The largest absolute Gasteiger partial charge is 0.323 e. The lowest BCUT2D eigenvalue weighted by atomic mass is 10.1. The van der Waals surface area contributed by atoms with Gasteiger partial charge >= 0.3 is 0 Å². The molecule has 0 bridgehead atoms. The van der Waals surface area contributed by atoms with E-state index in [0.29, 0.717) is 0 Å². The van der Waals surface area contributed by atoms with Crippen LogP contribution >= 0.6 is 11.6 Å². The molecule has 1 atom stereocenters. The van der Waals surface area contributed by atoms with E-state index in [1.807, 2.05) is 24.3 Å². The van der Waals surface area contributed by atoms with Crippen LogP contribution < -0.4 is 5.73 Å². The molecule has 1 heterocycles. The number of halogens is 1. The lowest BCUT2D eigenvalue weighted by Gasteiger charge is -2.21. The molecule has 1 fully saturated rings. The van der Waals surface area contributed by atoms with Crippen molar-refractivity contribution in [3.63, 3.8) is 0 Å². The van der Waals surface area contributed by atoms with Crippen LogP contribution in [0.15, 0.2) is 24.3 Å². The highest BCUT2D eigenvalue weighted by Crippen LogP contribution is 2.22. The molecule has 1 aliphatic rings. The molecule has 1 saturated heterocycles. The van der Waals surface area contributed by atoms with Gasteiger partial charge in [-0.1, -0.05) is 29.8 Å². The predicted molar refractivity (Wildman–Crippen MR) is 64.1 cm³/mol. The van der Waals surface area contributed by atoms with Gasteiger partial charge in [0.1, 0.15) is 0 Å². The first-order valence-corrected chi connectivity index (χ1v) is 5.87. The average molecular weight is 225 g/mol. The fourth-order valence-corrected chi connectivity index (χ4v) is 2.39. The van der Waals surface area contributed by atoms with Gasteiger partial charge in [-0.25, -0.2) is 0 Å². The van der Waals surface area contributed by atoms with Gasteiger partial charge in [0, 0.05) is 17.6 Å². The van der Waals surface area contributed by atoms with Gasteiger partial charge in [-0.3, -0.25) is 0 Å². The topological polar surface area (TPSA) is 29.3 Å². The molecule has 0 aromatic heterocycles. The first-order valence-electron chi connectivity index (χ1n) is 5.50. The van der Waals surface area contributed by atoms with Crippen molar-refractivity contribution in [1.82, 2.24) is 4.90 Å². The maximum absolute atomic E-state index is 6.15. The van der Waals surface area contributed by atoms with Crippen molar-refractivity contribution >= 4 is 11.6 Å². The minimum Gasteiger partial charge on any atom is -0.323 e. The summed E-state index contributed by atoms with van der Waals surface area (Å²) < 4.78 is 0. The molecule has 2 rings (SSSR count). The van der Waals surface area contributed by atoms with Crippen LogP contribution in [0.4, 0.5) is 0 Å². The summed E-state index contributed by atoms with van der Waals surface area (Å²) in [5.41, 5.74) is 7.21. The van der Waals surface area contributed by atoms with E-state index in [1.165, 1.54) is 25.9 Å². The maximum Gasteiger partial charge on any atom is 0.0454 e. The Hall–Kier alpha value is -0.570. The smallest absolute Gasteiger partial charge is 0.0454 e. The minimum atomic E-state index is 0.0387. The Kier molecular flexibility index (Phi) is 3.62. The number of likely N-dealkylation sites (tertiary alicyclic amines) is 1. The summed E-state index contributed by atoms with van der Waals surface area (Å²) in [6.07, 6.45) is 2.60. The molecule has 82 valence electrons. The zero-order valence-corrected chi connectivity index (χ0v) is 9.58. The SMILES string of the molecule is NC(CN1CCCC1)c1ccccc1Cl. The Labute approximate surface area is 96.0 Å². The van der Waals surface area contributed by atoms with Crippen LogP contribution in [0.5, 0.6) is 0 Å². The standard InChI is InChI=1S/C12H17ClN2/c13-11-6-2-1-5-10(11)12(14)9-15-7-3-4-8-15/h1-2,5-6,12H,3-4,7-9,14H2. The average Bonchev–Trinajstić information content (AvgIpc) is 2.71. The van der Waals surface area contributed by atoms with Gasteiger partial charge in [0.2, 0.25) is 0 Å². The lowest BCUT2D eigenvalue weighted by molar-refractivity contribution is 0.316. The molecule has 15 heavy (non-hydrogen) atoms. The lowest BCUT2D eigenvalue weighted by Crippen LogP contribution is -2.30. The minimum absolute atomic E-state index is 0.0387. The highest BCUT2D eigenvalue weighted by Gasteiger charge is 2.17. The predicted octanol–water partition coefficient (Wildman–Crippen LogP) is 2.44. The molecule has 0 radical (unpaired) electrons. The number of hydrogen-bond acceptors (Lipinski definition) is 2. The molecule has 2 N–H and O–H groups in total. The number of nitrogens with two attached hydrogens (primary N) is 1. The third-order valence-corrected chi connectivity index (χ3v) is 3.30. The molecule has 1 unspecified atom stereocenters. The molecular weight excluding hydrogens is 208 g/mol. The number of hydrogen-bond donors (Lipinski definition) is 1. The van der Waals surface area contributed by atoms with E-state index >= 15 is 0 Å². The van der Waals surface area contributed by atoms with Gasteiger partial charge in [0.05, 0.1) is 0 Å². The summed E-state index contributed by atoms with van der Waals surface area (Å²) >= 11 is 6.11. The second-order valence-corrected chi connectivity index (χ2v) is 4.54. The fourth-order valence-electron chi connectivity index (χ4n) is 2.12. The number of nitrogens with zero attached hydrogens (tertiary/aromatic N) is 1. The second kappa shape index (κ2) is 4.97. The van der Waals surface area contributed by atoms with Crippen molar-refractivity contribution < 1.29 is 0 Å². The van der Waals surface area contributed by atoms with Crippen molar-refractivity contribution in [2.75, 3.05) is 19.6 Å². The van der Waals surface area contributed by atoms with Gasteiger partial charge < -0.3 is 10.6 Å². The van der Waals surface area contributed by atoms with E-state index in [0.717, 1.165) is 17.1 Å². The molecule has 1 aliphatic heterocycles. The Morgan fingerprint density at radius 1 is 1.27 bits per heavy atom. The molecule has 0 aliphatic carbocycles. The van der Waals surface area contributed by atoms with Gasteiger partial charge in [-0.15, -0.1) is 0 Å². The molecular formula is C12H17ClN2. The monoisotopic (exact) mass is 224 g/mol. The zero-order chi connectivity index (χ0) is 10.7. The fraction of sp³-hybridized carbons (Fsp3) is 0.500. The van der Waals surface area contributed by atoms with E-state index in [2.05, 4.69) is 4.90 Å². The van der Waals surface area contributed by atoms with Crippen LogP contribution in [-0.2, 0) is 0 Å².